The van der Waals surface area contributed by atoms with Gasteiger partial charge in [-0.05, 0) is 57.3 Å². The number of likely N-dealkylation sites (tertiary alicyclic amines) is 3. The number of rotatable bonds is 4. The molecule has 0 bridgehead atoms. The van der Waals surface area contributed by atoms with Crippen molar-refractivity contribution in [2.24, 2.45) is 5.41 Å². The standard InChI is InChI=1S/C23H34N4O3/c1-25-20(28)22(8-12-26(13-9-22)16-17-30-2)18-23(25)10-14-27(15-11-23)21(29)24-19-6-4-3-5-7-19/h3-7H,8-18H2,1-2H3,(H,24,29). The molecule has 0 aliphatic carbocycles. The van der Waals surface area contributed by atoms with Crippen molar-refractivity contribution in [2.75, 3.05) is 58.8 Å². The molecule has 3 saturated heterocycles. The molecule has 0 atom stereocenters. The van der Waals surface area contributed by atoms with Crippen molar-refractivity contribution < 1.29 is 14.3 Å². The van der Waals surface area contributed by atoms with E-state index >= 15 is 0 Å². The molecule has 164 valence electrons. The molecular formula is C23H34N4O3. The Balaban J connectivity index is 1.36. The second-order valence-corrected chi connectivity index (χ2v) is 9.16. The van der Waals surface area contributed by atoms with Crippen molar-refractivity contribution in [2.45, 2.75) is 37.6 Å². The van der Waals surface area contributed by atoms with Crippen LogP contribution in [0.3, 0.4) is 0 Å². The summed E-state index contributed by atoms with van der Waals surface area (Å²) in [6, 6.07) is 9.51. The summed E-state index contributed by atoms with van der Waals surface area (Å²) in [7, 11) is 3.71. The molecule has 1 N–H and O–H groups in total. The van der Waals surface area contributed by atoms with Crippen LogP contribution in [0.4, 0.5) is 10.5 Å². The fourth-order valence-electron chi connectivity index (χ4n) is 5.57. The molecule has 3 amide bonds. The lowest BCUT2D eigenvalue weighted by Crippen LogP contribution is -2.53. The number of methoxy groups -OCH3 is 1. The summed E-state index contributed by atoms with van der Waals surface area (Å²) >= 11 is 0. The zero-order chi connectivity index (χ0) is 21.2. The summed E-state index contributed by atoms with van der Waals surface area (Å²) in [5.74, 6) is 0.316. The van der Waals surface area contributed by atoms with E-state index in [-0.39, 0.29) is 17.0 Å². The predicted octanol–water partition coefficient (Wildman–Crippen LogP) is 2.64. The van der Waals surface area contributed by atoms with E-state index in [1.165, 1.54) is 0 Å². The van der Waals surface area contributed by atoms with E-state index in [9.17, 15) is 9.59 Å². The van der Waals surface area contributed by atoms with E-state index in [4.69, 9.17) is 4.74 Å². The van der Waals surface area contributed by atoms with Gasteiger partial charge in [-0.15, -0.1) is 0 Å². The number of urea groups is 1. The Morgan fingerprint density at radius 1 is 1.07 bits per heavy atom. The third-order valence-corrected chi connectivity index (χ3v) is 7.57. The van der Waals surface area contributed by atoms with Crippen molar-refractivity contribution >= 4 is 17.6 Å². The molecule has 7 nitrogen and oxygen atoms in total. The number of anilines is 1. The number of ether oxygens (including phenoxy) is 1. The molecule has 7 heteroatoms. The Kier molecular flexibility index (Phi) is 6.02. The minimum Gasteiger partial charge on any atom is -0.383 e. The van der Waals surface area contributed by atoms with Crippen LogP contribution in [0.2, 0.25) is 0 Å². The third kappa shape index (κ3) is 3.93. The van der Waals surface area contributed by atoms with Crippen LogP contribution in [-0.4, -0.2) is 85.7 Å². The highest BCUT2D eigenvalue weighted by Crippen LogP contribution is 2.52. The summed E-state index contributed by atoms with van der Waals surface area (Å²) < 4.78 is 5.20. The van der Waals surface area contributed by atoms with E-state index < -0.39 is 0 Å². The van der Waals surface area contributed by atoms with Gasteiger partial charge in [-0.3, -0.25) is 4.79 Å². The van der Waals surface area contributed by atoms with Gasteiger partial charge in [0.25, 0.3) is 0 Å². The van der Waals surface area contributed by atoms with Crippen molar-refractivity contribution in [3.63, 3.8) is 0 Å². The first-order valence-corrected chi connectivity index (χ1v) is 11.1. The first-order chi connectivity index (χ1) is 14.5. The number of hydrogen-bond donors (Lipinski definition) is 1. The topological polar surface area (TPSA) is 65.1 Å². The molecule has 0 saturated carbocycles. The first-order valence-electron chi connectivity index (χ1n) is 11.1. The molecule has 0 unspecified atom stereocenters. The molecule has 0 aromatic heterocycles. The first kappa shape index (κ1) is 21.1. The molecule has 0 radical (unpaired) electrons. The highest BCUT2D eigenvalue weighted by molar-refractivity contribution is 5.89. The number of nitrogens with one attached hydrogen (secondary N) is 1. The Morgan fingerprint density at radius 3 is 2.37 bits per heavy atom. The summed E-state index contributed by atoms with van der Waals surface area (Å²) in [6.07, 6.45) is 4.50. The van der Waals surface area contributed by atoms with E-state index in [2.05, 4.69) is 10.2 Å². The third-order valence-electron chi connectivity index (χ3n) is 7.57. The van der Waals surface area contributed by atoms with Gasteiger partial charge in [0.2, 0.25) is 5.91 Å². The highest BCUT2D eigenvalue weighted by Gasteiger charge is 2.58. The van der Waals surface area contributed by atoms with Crippen molar-refractivity contribution in [3.05, 3.63) is 30.3 Å². The maximum absolute atomic E-state index is 13.3. The van der Waals surface area contributed by atoms with Crippen molar-refractivity contribution in [1.82, 2.24) is 14.7 Å². The number of nitrogens with zero attached hydrogens (tertiary/aromatic N) is 3. The number of carbonyl (C=O) groups is 2. The van der Waals surface area contributed by atoms with Crippen LogP contribution in [0, 0.1) is 5.41 Å². The Bertz CT molecular complexity index is 753. The van der Waals surface area contributed by atoms with Gasteiger partial charge in [-0.2, -0.15) is 0 Å². The average Bonchev–Trinajstić information content (AvgIpc) is 2.96. The highest BCUT2D eigenvalue weighted by atomic mass is 16.5. The van der Waals surface area contributed by atoms with Gasteiger partial charge in [0, 0.05) is 45.0 Å². The monoisotopic (exact) mass is 414 g/mol. The molecule has 3 heterocycles. The quantitative estimate of drug-likeness (QED) is 0.823. The molecule has 1 aromatic carbocycles. The largest absolute Gasteiger partial charge is 0.383 e. The minimum atomic E-state index is -0.215. The Labute approximate surface area is 179 Å². The van der Waals surface area contributed by atoms with Gasteiger partial charge in [-0.1, -0.05) is 18.2 Å². The molecule has 4 rings (SSSR count). The van der Waals surface area contributed by atoms with Crippen molar-refractivity contribution in [1.29, 1.82) is 0 Å². The van der Waals surface area contributed by atoms with E-state index in [1.54, 1.807) is 7.11 Å². The SMILES string of the molecule is COCCN1CCC2(CC1)CC1(CCN(C(=O)Nc3ccccc3)CC1)N(C)C2=O. The number of benzene rings is 1. The van der Waals surface area contributed by atoms with Crippen LogP contribution >= 0.6 is 0 Å². The average molecular weight is 415 g/mol. The lowest BCUT2D eigenvalue weighted by atomic mass is 9.71. The Hall–Kier alpha value is -2.12. The second-order valence-electron chi connectivity index (χ2n) is 9.16. The van der Waals surface area contributed by atoms with Crippen LogP contribution in [0.5, 0.6) is 0 Å². The fraction of sp³-hybridized carbons (Fsp3) is 0.652. The lowest BCUT2D eigenvalue weighted by molar-refractivity contribution is -0.139. The molecule has 3 fully saturated rings. The lowest BCUT2D eigenvalue weighted by Gasteiger charge is -2.44. The van der Waals surface area contributed by atoms with Crippen LogP contribution in [0.1, 0.15) is 32.1 Å². The summed E-state index contributed by atoms with van der Waals surface area (Å²) in [5.41, 5.74) is 0.498. The summed E-state index contributed by atoms with van der Waals surface area (Å²) in [6.45, 7) is 4.98. The van der Waals surface area contributed by atoms with E-state index in [0.717, 1.165) is 64.0 Å². The maximum Gasteiger partial charge on any atom is 0.321 e. The predicted molar refractivity (Wildman–Crippen MR) is 116 cm³/mol. The van der Waals surface area contributed by atoms with E-state index in [0.29, 0.717) is 19.0 Å². The van der Waals surface area contributed by atoms with Gasteiger partial charge in [0.15, 0.2) is 0 Å². The number of amides is 3. The van der Waals surface area contributed by atoms with Gasteiger partial charge < -0.3 is 24.8 Å². The second kappa shape index (κ2) is 8.55. The number of para-hydroxylation sites is 1. The number of hydrogen-bond acceptors (Lipinski definition) is 4. The molecular weight excluding hydrogens is 380 g/mol. The zero-order valence-electron chi connectivity index (χ0n) is 18.2. The normalized spacial score (nSPS) is 23.3. The van der Waals surface area contributed by atoms with Gasteiger partial charge in [-0.25, -0.2) is 4.79 Å². The Morgan fingerprint density at radius 2 is 1.73 bits per heavy atom. The van der Waals surface area contributed by atoms with Gasteiger partial charge in [0.1, 0.15) is 0 Å². The van der Waals surface area contributed by atoms with Crippen LogP contribution in [0.25, 0.3) is 0 Å². The number of carbonyl (C=O) groups excluding carboxylic acids is 2. The summed E-state index contributed by atoms with van der Waals surface area (Å²) in [4.78, 5) is 32.3. The maximum atomic E-state index is 13.3. The van der Waals surface area contributed by atoms with E-state index in [1.807, 2.05) is 47.2 Å². The fourth-order valence-corrected chi connectivity index (χ4v) is 5.57. The van der Waals surface area contributed by atoms with Crippen LogP contribution in [-0.2, 0) is 9.53 Å². The summed E-state index contributed by atoms with van der Waals surface area (Å²) in [5, 5.41) is 2.98. The van der Waals surface area contributed by atoms with Crippen molar-refractivity contribution in [3.8, 4) is 0 Å². The van der Waals surface area contributed by atoms with Crippen LogP contribution in [0.15, 0.2) is 30.3 Å². The van der Waals surface area contributed by atoms with Crippen LogP contribution < -0.4 is 5.32 Å². The molecule has 1 aromatic rings. The zero-order valence-corrected chi connectivity index (χ0v) is 18.2. The molecule has 3 aliphatic rings. The molecule has 3 aliphatic heterocycles. The number of piperidine rings is 2. The van der Waals surface area contributed by atoms with Gasteiger partial charge >= 0.3 is 6.03 Å². The smallest absolute Gasteiger partial charge is 0.321 e. The minimum absolute atomic E-state index is 0.0517. The molecule has 2 spiro atoms. The molecule has 30 heavy (non-hydrogen) atoms. The van der Waals surface area contributed by atoms with Gasteiger partial charge in [0.05, 0.1) is 12.0 Å².